The van der Waals surface area contributed by atoms with Gasteiger partial charge in [0.05, 0.1) is 12.8 Å². The third-order valence-corrected chi connectivity index (χ3v) is 3.82. The molecule has 0 amide bonds. The molecule has 19 heavy (non-hydrogen) atoms. The van der Waals surface area contributed by atoms with E-state index < -0.39 is 0 Å². The van der Waals surface area contributed by atoms with E-state index in [1.807, 2.05) is 26.0 Å². The Labute approximate surface area is 117 Å². The minimum atomic E-state index is 0.527. The van der Waals surface area contributed by atoms with E-state index in [4.69, 9.17) is 14.9 Å². The molecule has 0 atom stereocenters. The van der Waals surface area contributed by atoms with Crippen LogP contribution in [0.2, 0.25) is 0 Å². The smallest absolute Gasteiger partial charge is 0.256 e. The van der Waals surface area contributed by atoms with Crippen LogP contribution in [-0.2, 0) is 12.3 Å². The fraction of sp³-hybridized carbons (Fsp3) is 0.357. The molecule has 0 spiro atoms. The fourth-order valence-electron chi connectivity index (χ4n) is 1.72. The van der Waals surface area contributed by atoms with Gasteiger partial charge in [0.15, 0.2) is 0 Å². The summed E-state index contributed by atoms with van der Waals surface area (Å²) < 4.78 is 10.9. The third-order valence-electron chi connectivity index (χ3n) is 2.94. The Bertz CT molecular complexity index is 547. The lowest BCUT2D eigenvalue weighted by atomic mass is 10.1. The highest BCUT2D eigenvalue weighted by atomic mass is 32.2. The number of oxazole rings is 1. The first-order chi connectivity index (χ1) is 9.13. The Morgan fingerprint density at radius 3 is 2.74 bits per heavy atom. The van der Waals surface area contributed by atoms with Crippen LogP contribution in [0.15, 0.2) is 27.8 Å². The summed E-state index contributed by atoms with van der Waals surface area (Å²) in [7, 11) is 1.67. The molecule has 0 saturated carbocycles. The van der Waals surface area contributed by atoms with E-state index in [2.05, 4.69) is 11.1 Å². The van der Waals surface area contributed by atoms with Crippen molar-refractivity contribution in [3.63, 3.8) is 0 Å². The summed E-state index contributed by atoms with van der Waals surface area (Å²) in [5, 5.41) is 0.690. The van der Waals surface area contributed by atoms with Gasteiger partial charge in [-0.25, -0.2) is 4.98 Å². The van der Waals surface area contributed by atoms with Gasteiger partial charge in [0.2, 0.25) is 0 Å². The van der Waals surface area contributed by atoms with Gasteiger partial charge >= 0.3 is 0 Å². The largest absolute Gasteiger partial charge is 0.496 e. The number of thioether (sulfide) groups is 1. The van der Waals surface area contributed by atoms with Crippen LogP contribution in [0, 0.1) is 13.8 Å². The van der Waals surface area contributed by atoms with Gasteiger partial charge in [0, 0.05) is 17.9 Å². The molecule has 5 heteroatoms. The molecule has 1 heterocycles. The van der Waals surface area contributed by atoms with Gasteiger partial charge in [0.1, 0.15) is 11.5 Å². The van der Waals surface area contributed by atoms with E-state index in [1.54, 1.807) is 18.9 Å². The monoisotopic (exact) mass is 278 g/mol. The van der Waals surface area contributed by atoms with Crippen molar-refractivity contribution in [1.29, 1.82) is 0 Å². The zero-order valence-electron chi connectivity index (χ0n) is 11.4. The summed E-state index contributed by atoms with van der Waals surface area (Å²) in [5.41, 5.74) is 8.79. The van der Waals surface area contributed by atoms with Crippen LogP contribution < -0.4 is 10.5 Å². The Morgan fingerprint density at radius 2 is 2.16 bits per heavy atom. The summed E-state index contributed by atoms with van der Waals surface area (Å²) in [6.07, 6.45) is 0. The first-order valence-electron chi connectivity index (χ1n) is 6.06. The Kier molecular flexibility index (Phi) is 4.50. The van der Waals surface area contributed by atoms with E-state index in [0.717, 1.165) is 34.1 Å². The lowest BCUT2D eigenvalue weighted by Gasteiger charge is -2.09. The van der Waals surface area contributed by atoms with Crippen LogP contribution >= 0.6 is 11.8 Å². The zero-order valence-corrected chi connectivity index (χ0v) is 12.2. The number of benzene rings is 1. The number of hydrogen-bond donors (Lipinski definition) is 1. The van der Waals surface area contributed by atoms with Crippen LogP contribution in [0.25, 0.3) is 0 Å². The highest BCUT2D eigenvalue weighted by Gasteiger charge is 2.09. The Balaban J connectivity index is 2.13. The van der Waals surface area contributed by atoms with Crippen molar-refractivity contribution in [3.05, 3.63) is 40.8 Å². The molecule has 0 bridgehead atoms. The average Bonchev–Trinajstić information content (AvgIpc) is 2.75. The third kappa shape index (κ3) is 3.30. The maximum atomic E-state index is 5.66. The van der Waals surface area contributed by atoms with Gasteiger partial charge < -0.3 is 14.9 Å². The van der Waals surface area contributed by atoms with Gasteiger partial charge in [-0.2, -0.15) is 0 Å². The molecule has 0 unspecified atom stereocenters. The van der Waals surface area contributed by atoms with E-state index in [-0.39, 0.29) is 0 Å². The molecule has 2 N–H and O–H groups in total. The average molecular weight is 278 g/mol. The Morgan fingerprint density at radius 1 is 1.37 bits per heavy atom. The second-order valence-corrected chi connectivity index (χ2v) is 5.19. The van der Waals surface area contributed by atoms with Crippen molar-refractivity contribution < 1.29 is 9.15 Å². The molecule has 0 saturated heterocycles. The van der Waals surface area contributed by atoms with Crippen molar-refractivity contribution >= 4 is 11.8 Å². The van der Waals surface area contributed by atoms with E-state index in [0.29, 0.717) is 11.8 Å². The zero-order chi connectivity index (χ0) is 13.8. The second-order valence-electron chi connectivity index (χ2n) is 4.26. The van der Waals surface area contributed by atoms with Crippen LogP contribution in [0.4, 0.5) is 0 Å². The number of hydrogen-bond acceptors (Lipinski definition) is 5. The SMILES string of the molecule is COc1ccc(CN)cc1CSc1nc(C)c(C)o1. The highest BCUT2D eigenvalue weighted by Crippen LogP contribution is 2.29. The van der Waals surface area contributed by atoms with E-state index in [1.165, 1.54) is 0 Å². The standard InChI is InChI=1S/C14H18N2O2S/c1-9-10(2)18-14(16-9)19-8-12-6-11(7-15)4-5-13(12)17-3/h4-6H,7-8,15H2,1-3H3. The maximum Gasteiger partial charge on any atom is 0.256 e. The predicted octanol–water partition coefficient (Wildman–Crippen LogP) is 3.05. The molecule has 102 valence electrons. The van der Waals surface area contributed by atoms with Crippen molar-refractivity contribution in [1.82, 2.24) is 4.98 Å². The van der Waals surface area contributed by atoms with Crippen LogP contribution in [-0.4, -0.2) is 12.1 Å². The lowest BCUT2D eigenvalue weighted by molar-refractivity contribution is 0.411. The predicted molar refractivity (Wildman–Crippen MR) is 76.4 cm³/mol. The molecule has 4 nitrogen and oxygen atoms in total. The van der Waals surface area contributed by atoms with Crippen molar-refractivity contribution in [2.45, 2.75) is 31.4 Å². The van der Waals surface area contributed by atoms with Gasteiger partial charge in [-0.3, -0.25) is 0 Å². The highest BCUT2D eigenvalue weighted by molar-refractivity contribution is 7.98. The van der Waals surface area contributed by atoms with Crippen molar-refractivity contribution in [2.75, 3.05) is 7.11 Å². The quantitative estimate of drug-likeness (QED) is 0.852. The van der Waals surface area contributed by atoms with Gasteiger partial charge in [-0.15, -0.1) is 0 Å². The molecule has 2 rings (SSSR count). The number of rotatable bonds is 5. The Hall–Kier alpha value is -1.46. The fourth-order valence-corrected chi connectivity index (χ4v) is 2.61. The second kappa shape index (κ2) is 6.12. The first-order valence-corrected chi connectivity index (χ1v) is 7.05. The molecule has 0 aliphatic heterocycles. The summed E-state index contributed by atoms with van der Waals surface area (Å²) in [6, 6.07) is 5.99. The molecule has 0 aliphatic carbocycles. The van der Waals surface area contributed by atoms with Gasteiger partial charge in [-0.1, -0.05) is 17.8 Å². The van der Waals surface area contributed by atoms with Crippen molar-refractivity contribution in [3.8, 4) is 5.75 Å². The van der Waals surface area contributed by atoms with Crippen molar-refractivity contribution in [2.24, 2.45) is 5.73 Å². The lowest BCUT2D eigenvalue weighted by Crippen LogP contribution is -1.98. The summed E-state index contributed by atoms with van der Waals surface area (Å²) in [4.78, 5) is 4.35. The summed E-state index contributed by atoms with van der Waals surface area (Å²) in [6.45, 7) is 4.39. The van der Waals surface area contributed by atoms with Gasteiger partial charge in [-0.05, 0) is 31.5 Å². The molecule has 0 radical (unpaired) electrons. The molecule has 0 fully saturated rings. The number of ether oxygens (including phenoxy) is 1. The van der Waals surface area contributed by atoms with E-state index >= 15 is 0 Å². The molecule has 1 aromatic carbocycles. The van der Waals surface area contributed by atoms with Gasteiger partial charge in [0.25, 0.3) is 5.22 Å². The molecular formula is C14H18N2O2S. The molecule has 2 aromatic rings. The van der Waals surface area contributed by atoms with Crippen LogP contribution in [0.5, 0.6) is 5.75 Å². The molecule has 0 aliphatic rings. The molecular weight excluding hydrogens is 260 g/mol. The number of aromatic nitrogens is 1. The number of nitrogens with zero attached hydrogens (tertiary/aromatic N) is 1. The van der Waals surface area contributed by atoms with Crippen LogP contribution in [0.1, 0.15) is 22.6 Å². The number of methoxy groups -OCH3 is 1. The normalized spacial score (nSPS) is 10.7. The summed E-state index contributed by atoms with van der Waals surface area (Å²) >= 11 is 1.56. The number of aryl methyl sites for hydroxylation is 2. The minimum Gasteiger partial charge on any atom is -0.496 e. The van der Waals surface area contributed by atoms with E-state index in [9.17, 15) is 0 Å². The molecule has 1 aromatic heterocycles. The van der Waals surface area contributed by atoms with Crippen LogP contribution in [0.3, 0.4) is 0 Å². The number of nitrogens with two attached hydrogens (primary N) is 1. The summed E-state index contributed by atoms with van der Waals surface area (Å²) in [5.74, 6) is 2.48. The maximum absolute atomic E-state index is 5.66. The topological polar surface area (TPSA) is 61.3 Å². The first kappa shape index (κ1) is 14.0. The minimum absolute atomic E-state index is 0.527.